The number of benzene rings is 2. The summed E-state index contributed by atoms with van der Waals surface area (Å²) in [5, 5.41) is 9.17. The Morgan fingerprint density at radius 1 is 0.947 bits per heavy atom. The fourth-order valence-corrected chi connectivity index (χ4v) is 3.97. The van der Waals surface area contributed by atoms with Crippen molar-refractivity contribution in [2.24, 2.45) is 0 Å². The number of rotatable bonds is 3. The molecule has 100 valence electrons. The number of hydrogen-bond acceptors (Lipinski definition) is 3. The second-order valence-electron chi connectivity index (χ2n) is 3.70. The lowest BCUT2D eigenvalue weighted by Crippen LogP contribution is -2.13. The Bertz CT molecular complexity index is 679. The van der Waals surface area contributed by atoms with Gasteiger partial charge >= 0.3 is 0 Å². The molecule has 2 aromatic carbocycles. The van der Waals surface area contributed by atoms with Crippen molar-refractivity contribution in [2.45, 2.75) is 4.90 Å². The van der Waals surface area contributed by atoms with Crippen LogP contribution >= 0.6 is 31.9 Å². The van der Waals surface area contributed by atoms with Crippen LogP contribution in [0.4, 0.5) is 5.69 Å². The maximum Gasteiger partial charge on any atom is 0.261 e. The summed E-state index contributed by atoms with van der Waals surface area (Å²) in [6.45, 7) is 0. The van der Waals surface area contributed by atoms with Crippen molar-refractivity contribution in [1.82, 2.24) is 0 Å². The number of phenols is 1. The first-order valence-corrected chi connectivity index (χ1v) is 8.23. The Morgan fingerprint density at radius 3 is 2.00 bits per heavy atom. The van der Waals surface area contributed by atoms with Crippen LogP contribution in [-0.2, 0) is 10.0 Å². The van der Waals surface area contributed by atoms with Crippen LogP contribution in [0.15, 0.2) is 56.3 Å². The number of para-hydroxylation sites is 1. The molecular weight excluding hydrogens is 398 g/mol. The minimum absolute atomic E-state index is 0.0148. The van der Waals surface area contributed by atoms with Gasteiger partial charge in [-0.3, -0.25) is 4.72 Å². The molecule has 0 amide bonds. The maximum absolute atomic E-state index is 12.2. The molecule has 0 atom stereocenters. The van der Waals surface area contributed by atoms with Crippen LogP contribution in [0.25, 0.3) is 0 Å². The molecule has 7 heteroatoms. The number of nitrogens with one attached hydrogen (secondary N) is 1. The van der Waals surface area contributed by atoms with Gasteiger partial charge in [0.2, 0.25) is 0 Å². The Hall–Kier alpha value is -1.05. The fraction of sp³-hybridized carbons (Fsp3) is 0. The van der Waals surface area contributed by atoms with Crippen LogP contribution in [0, 0.1) is 0 Å². The molecule has 0 heterocycles. The normalized spacial score (nSPS) is 11.3. The van der Waals surface area contributed by atoms with Gasteiger partial charge in [0.05, 0.1) is 10.6 Å². The molecule has 0 radical (unpaired) electrons. The van der Waals surface area contributed by atoms with Gasteiger partial charge in [0.15, 0.2) is 0 Å². The smallest absolute Gasteiger partial charge is 0.261 e. The molecule has 0 aromatic heterocycles. The zero-order valence-corrected chi connectivity index (χ0v) is 13.5. The quantitative estimate of drug-likeness (QED) is 0.816. The molecule has 19 heavy (non-hydrogen) atoms. The Kier molecular flexibility index (Phi) is 4.17. The number of sulfonamides is 1. The first kappa shape index (κ1) is 14.4. The lowest BCUT2D eigenvalue weighted by atomic mass is 10.3. The van der Waals surface area contributed by atoms with E-state index in [1.807, 2.05) is 0 Å². The zero-order chi connectivity index (χ0) is 14.0. The van der Waals surface area contributed by atoms with Crippen LogP contribution in [0.5, 0.6) is 5.75 Å². The molecule has 2 rings (SSSR count). The predicted octanol–water partition coefficient (Wildman–Crippen LogP) is 3.72. The van der Waals surface area contributed by atoms with E-state index in [1.54, 1.807) is 18.2 Å². The van der Waals surface area contributed by atoms with E-state index in [-0.39, 0.29) is 10.6 Å². The summed E-state index contributed by atoms with van der Waals surface area (Å²) in [6, 6.07) is 10.6. The van der Waals surface area contributed by atoms with Crippen molar-refractivity contribution in [3.8, 4) is 5.75 Å². The van der Waals surface area contributed by atoms with Crippen molar-refractivity contribution >= 4 is 47.6 Å². The van der Waals surface area contributed by atoms with Gasteiger partial charge in [0.25, 0.3) is 10.0 Å². The summed E-state index contributed by atoms with van der Waals surface area (Å²) < 4.78 is 28.1. The van der Waals surface area contributed by atoms with E-state index in [2.05, 4.69) is 36.6 Å². The molecule has 2 aromatic rings. The molecule has 0 saturated carbocycles. The predicted molar refractivity (Wildman–Crippen MR) is 80.8 cm³/mol. The van der Waals surface area contributed by atoms with E-state index in [0.29, 0.717) is 14.6 Å². The van der Waals surface area contributed by atoms with E-state index in [1.165, 1.54) is 24.3 Å². The average molecular weight is 407 g/mol. The van der Waals surface area contributed by atoms with Gasteiger partial charge in [0.1, 0.15) is 5.75 Å². The van der Waals surface area contributed by atoms with Gasteiger partial charge < -0.3 is 5.11 Å². The molecule has 4 nitrogen and oxygen atoms in total. The van der Waals surface area contributed by atoms with Gasteiger partial charge in [0, 0.05) is 8.95 Å². The van der Waals surface area contributed by atoms with Crippen LogP contribution in [-0.4, -0.2) is 13.5 Å². The largest absolute Gasteiger partial charge is 0.508 e. The topological polar surface area (TPSA) is 66.4 Å². The Morgan fingerprint density at radius 2 is 1.47 bits per heavy atom. The monoisotopic (exact) mass is 405 g/mol. The number of hydrogen-bond donors (Lipinski definition) is 2. The van der Waals surface area contributed by atoms with E-state index in [4.69, 9.17) is 0 Å². The highest BCUT2D eigenvalue weighted by Crippen LogP contribution is 2.32. The zero-order valence-electron chi connectivity index (χ0n) is 9.47. The first-order chi connectivity index (χ1) is 8.90. The highest BCUT2D eigenvalue weighted by atomic mass is 79.9. The molecule has 0 aliphatic rings. The van der Waals surface area contributed by atoms with Gasteiger partial charge in [-0.25, -0.2) is 8.42 Å². The number of halogens is 2. The number of anilines is 1. The highest BCUT2D eigenvalue weighted by Gasteiger charge is 2.17. The molecule has 0 saturated heterocycles. The molecule has 0 spiro atoms. The Labute approximate surface area is 127 Å². The van der Waals surface area contributed by atoms with Crippen molar-refractivity contribution in [3.05, 3.63) is 51.4 Å². The fourth-order valence-electron chi connectivity index (χ4n) is 1.41. The van der Waals surface area contributed by atoms with E-state index < -0.39 is 10.0 Å². The summed E-state index contributed by atoms with van der Waals surface area (Å²) in [4.78, 5) is 0.0768. The third-order valence-electron chi connectivity index (χ3n) is 2.35. The minimum atomic E-state index is -3.70. The van der Waals surface area contributed by atoms with E-state index in [0.717, 1.165) is 0 Å². The molecule has 0 aliphatic heterocycles. The molecule has 0 aliphatic carbocycles. The third-order valence-corrected chi connectivity index (χ3v) is 5.03. The second kappa shape index (κ2) is 5.52. The maximum atomic E-state index is 12.2. The lowest BCUT2D eigenvalue weighted by molar-refractivity contribution is 0.475. The van der Waals surface area contributed by atoms with Crippen LogP contribution < -0.4 is 4.72 Å². The number of phenolic OH excluding ortho intramolecular Hbond substituents is 1. The summed E-state index contributed by atoms with van der Waals surface area (Å²) in [7, 11) is -3.70. The third kappa shape index (κ3) is 3.29. The van der Waals surface area contributed by atoms with Crippen molar-refractivity contribution in [3.63, 3.8) is 0 Å². The second-order valence-corrected chi connectivity index (χ2v) is 7.09. The van der Waals surface area contributed by atoms with Crippen LogP contribution in [0.3, 0.4) is 0 Å². The van der Waals surface area contributed by atoms with Gasteiger partial charge in [-0.2, -0.15) is 0 Å². The summed E-state index contributed by atoms with van der Waals surface area (Å²) in [6.07, 6.45) is 0. The van der Waals surface area contributed by atoms with Gasteiger partial charge in [-0.1, -0.05) is 6.07 Å². The van der Waals surface area contributed by atoms with E-state index in [9.17, 15) is 13.5 Å². The van der Waals surface area contributed by atoms with Crippen LogP contribution in [0.1, 0.15) is 0 Å². The summed E-state index contributed by atoms with van der Waals surface area (Å²) in [5.41, 5.74) is 0.426. The van der Waals surface area contributed by atoms with Crippen molar-refractivity contribution in [2.75, 3.05) is 4.72 Å². The van der Waals surface area contributed by atoms with Gasteiger partial charge in [-0.05, 0) is 68.3 Å². The molecule has 0 bridgehead atoms. The summed E-state index contributed by atoms with van der Waals surface area (Å²) >= 11 is 6.57. The lowest BCUT2D eigenvalue weighted by Gasteiger charge is -2.11. The summed E-state index contributed by atoms with van der Waals surface area (Å²) in [5.74, 6) is 0.0148. The average Bonchev–Trinajstić information content (AvgIpc) is 2.35. The van der Waals surface area contributed by atoms with Crippen molar-refractivity contribution in [1.29, 1.82) is 0 Å². The molecular formula is C12H9Br2NO3S. The Balaban J connectivity index is 2.39. The van der Waals surface area contributed by atoms with Crippen LogP contribution in [0.2, 0.25) is 0 Å². The molecule has 2 N–H and O–H groups in total. The molecule has 0 fully saturated rings. The number of aromatic hydroxyl groups is 1. The highest BCUT2D eigenvalue weighted by molar-refractivity contribution is 9.11. The first-order valence-electron chi connectivity index (χ1n) is 5.16. The van der Waals surface area contributed by atoms with Crippen molar-refractivity contribution < 1.29 is 13.5 Å². The SMILES string of the molecule is O=S(=O)(Nc1c(Br)cccc1Br)c1ccc(O)cc1. The van der Waals surface area contributed by atoms with E-state index >= 15 is 0 Å². The molecule has 0 unspecified atom stereocenters. The van der Waals surface area contributed by atoms with Gasteiger partial charge in [-0.15, -0.1) is 0 Å². The standard InChI is InChI=1S/C12H9Br2NO3S/c13-10-2-1-3-11(14)12(10)15-19(17,18)9-6-4-8(16)5-7-9/h1-7,15-16H. The minimum Gasteiger partial charge on any atom is -0.508 e.